The maximum Gasteiger partial charge on any atom is 2.00 e. The third-order valence-electron chi connectivity index (χ3n) is 7.46. The fourth-order valence-corrected chi connectivity index (χ4v) is 5.59. The fraction of sp³-hybridized carbons (Fsp3) is 0. The summed E-state index contributed by atoms with van der Waals surface area (Å²) in [5.41, 5.74) is 6.45. The van der Waals surface area contributed by atoms with Gasteiger partial charge in [-0.15, -0.1) is 0 Å². The van der Waals surface area contributed by atoms with Gasteiger partial charge in [-0.3, -0.25) is 0 Å². The Kier molecular flexibility index (Phi) is 6.75. The van der Waals surface area contributed by atoms with Crippen LogP contribution in [0.4, 0.5) is 4.79 Å². The molecule has 5 heterocycles. The first-order valence-corrected chi connectivity index (χ1v) is 13.6. The molecule has 45 heavy (non-hydrogen) atoms. The predicted octanol–water partition coefficient (Wildman–Crippen LogP) is 4.42. The third-order valence-corrected chi connectivity index (χ3v) is 7.46. The van der Waals surface area contributed by atoms with Gasteiger partial charge in [-0.2, -0.15) is 0 Å². The molecule has 4 aromatic carbocycles. The third kappa shape index (κ3) is 4.73. The Morgan fingerprint density at radius 2 is 0.644 bits per heavy atom. The SMILES string of the molecule is O=C([O-])[O-].[Ni+2].c1ccc2c(c1)-c1nc-2nc2[nH]c(nc3nc(nc4[nH]c(n1)c1ccccc41)-c1ccccc1-3)c1ccccc21. The Balaban J connectivity index is 0.000000617. The predicted molar refractivity (Wildman–Crippen MR) is 161 cm³/mol. The largest absolute Gasteiger partial charge is 2.00 e. The molecule has 3 aromatic heterocycles. The van der Waals surface area contributed by atoms with Gasteiger partial charge in [0.2, 0.25) is 0 Å². The molecule has 0 amide bonds. The molecule has 8 bridgehead atoms. The minimum Gasteiger partial charge on any atom is -0.652 e. The number of hydrogen-bond donors (Lipinski definition) is 2. The molecule has 0 saturated carbocycles. The number of aromatic nitrogens is 8. The molecule has 0 aliphatic carbocycles. The van der Waals surface area contributed by atoms with Crippen molar-refractivity contribution in [3.63, 3.8) is 0 Å². The van der Waals surface area contributed by atoms with Crippen LogP contribution in [0.25, 0.3) is 89.7 Å². The van der Waals surface area contributed by atoms with E-state index >= 15 is 0 Å². The maximum absolute atomic E-state index is 8.33. The summed E-state index contributed by atoms with van der Waals surface area (Å²) in [5.74, 6) is 2.39. The van der Waals surface area contributed by atoms with Gasteiger partial charge in [0.1, 0.15) is 22.6 Å². The minimum absolute atomic E-state index is 0. The van der Waals surface area contributed by atoms with Crippen LogP contribution in [0.5, 0.6) is 0 Å². The van der Waals surface area contributed by atoms with Crippen LogP contribution in [0.15, 0.2) is 97.1 Å². The van der Waals surface area contributed by atoms with Crippen molar-refractivity contribution < 1.29 is 31.5 Å². The molecule has 2 aliphatic heterocycles. The molecule has 0 unspecified atom stereocenters. The van der Waals surface area contributed by atoms with Crippen LogP contribution in [-0.4, -0.2) is 46.0 Å². The second-order valence-electron chi connectivity index (χ2n) is 10.0. The zero-order valence-corrected chi connectivity index (χ0v) is 23.9. The van der Waals surface area contributed by atoms with Crippen LogP contribution in [0.1, 0.15) is 0 Å². The molecule has 0 saturated heterocycles. The number of carbonyl (C=O) groups is 1. The Morgan fingerprint density at radius 1 is 0.422 bits per heavy atom. The van der Waals surface area contributed by atoms with E-state index in [4.69, 9.17) is 44.9 Å². The van der Waals surface area contributed by atoms with Crippen molar-refractivity contribution in [2.45, 2.75) is 0 Å². The van der Waals surface area contributed by atoms with Crippen molar-refractivity contribution >= 4 is 50.3 Å². The summed E-state index contributed by atoms with van der Waals surface area (Å²) >= 11 is 0. The van der Waals surface area contributed by atoms with Gasteiger partial charge >= 0.3 is 16.5 Å². The summed E-state index contributed by atoms with van der Waals surface area (Å²) in [6.45, 7) is 0. The molecule has 12 heteroatoms. The number of aromatic amines is 2. The van der Waals surface area contributed by atoms with E-state index in [2.05, 4.69) is 9.97 Å². The van der Waals surface area contributed by atoms with E-state index in [0.717, 1.165) is 43.8 Å². The van der Waals surface area contributed by atoms with Crippen molar-refractivity contribution in [3.8, 4) is 45.6 Å². The maximum atomic E-state index is 8.33. The summed E-state index contributed by atoms with van der Waals surface area (Å²) in [6, 6.07) is 32.2. The number of hydrogen-bond acceptors (Lipinski definition) is 9. The molecule has 2 aliphatic rings. The van der Waals surface area contributed by atoms with Gasteiger partial charge in [0.25, 0.3) is 0 Å². The molecule has 2 N–H and O–H groups in total. The molecule has 218 valence electrons. The standard InChI is InChI=1S/C32H18N8.CH2O3.Ni/c1-2-10-18-17(9-1)25-33-26(18)38-28-21-13-5-6-14-22(21)30(35-28)40-32-24-16-8-7-15-23(24)31(36-32)39-29-20-12-4-3-11-19(20)27(34-29)37-25;2-1(3)4;/h1-16H,(H2,33,34,35,36,37,38,39,40);(H2,2,3,4);/q;;+2/p-2. The molecule has 9 rings (SSSR count). The van der Waals surface area contributed by atoms with Gasteiger partial charge in [-0.1, -0.05) is 97.1 Å². The van der Waals surface area contributed by atoms with Crippen molar-refractivity contribution in [2.75, 3.05) is 0 Å². The normalized spacial score (nSPS) is 11.2. The number of H-pyrrole nitrogens is 2. The van der Waals surface area contributed by atoms with Gasteiger partial charge in [0, 0.05) is 43.8 Å². The van der Waals surface area contributed by atoms with E-state index < -0.39 is 6.16 Å². The van der Waals surface area contributed by atoms with Crippen LogP contribution < -0.4 is 10.2 Å². The van der Waals surface area contributed by atoms with Crippen LogP contribution in [-0.2, 0) is 16.5 Å². The van der Waals surface area contributed by atoms with Gasteiger partial charge in [-0.05, 0) is 6.16 Å². The van der Waals surface area contributed by atoms with Crippen LogP contribution in [0.2, 0.25) is 0 Å². The summed E-state index contributed by atoms with van der Waals surface area (Å²) in [5, 5.41) is 20.5. The quantitative estimate of drug-likeness (QED) is 0.229. The van der Waals surface area contributed by atoms with Gasteiger partial charge < -0.3 is 25.0 Å². The van der Waals surface area contributed by atoms with E-state index in [1.54, 1.807) is 0 Å². The topological polar surface area (TPSA) is 172 Å². The molecule has 0 spiro atoms. The summed E-state index contributed by atoms with van der Waals surface area (Å²) in [7, 11) is 0. The average Bonchev–Trinajstić information content (AvgIpc) is 3.76. The number of fused-ring (bicyclic) bond motifs is 20. The van der Waals surface area contributed by atoms with Gasteiger partial charge in [0.15, 0.2) is 23.3 Å². The van der Waals surface area contributed by atoms with Crippen molar-refractivity contribution in [1.82, 2.24) is 39.9 Å². The average molecular weight is 633 g/mol. The van der Waals surface area contributed by atoms with Crippen LogP contribution in [0, 0.1) is 0 Å². The smallest absolute Gasteiger partial charge is 0.652 e. The summed E-state index contributed by atoms with van der Waals surface area (Å²) in [6.07, 6.45) is -2.33. The zero-order valence-electron chi connectivity index (χ0n) is 23.0. The molecule has 7 aromatic rings. The number of nitrogens with one attached hydrogen (secondary N) is 2. The van der Waals surface area contributed by atoms with E-state index in [0.29, 0.717) is 45.9 Å². The van der Waals surface area contributed by atoms with Crippen LogP contribution in [0.3, 0.4) is 0 Å². The molecular weight excluding hydrogens is 615 g/mol. The number of carboxylic acid groups (broad SMARTS) is 2. The second-order valence-corrected chi connectivity index (χ2v) is 10.0. The number of nitrogens with zero attached hydrogens (tertiary/aromatic N) is 6. The van der Waals surface area contributed by atoms with Crippen molar-refractivity contribution in [2.24, 2.45) is 0 Å². The summed E-state index contributed by atoms with van der Waals surface area (Å²) in [4.78, 5) is 45.1. The van der Waals surface area contributed by atoms with E-state index in [9.17, 15) is 0 Å². The Morgan fingerprint density at radius 3 is 0.889 bits per heavy atom. The molecule has 11 nitrogen and oxygen atoms in total. The van der Waals surface area contributed by atoms with Crippen molar-refractivity contribution in [3.05, 3.63) is 97.1 Å². The van der Waals surface area contributed by atoms with Crippen molar-refractivity contribution in [1.29, 1.82) is 0 Å². The first-order chi connectivity index (χ1) is 21.5. The monoisotopic (exact) mass is 632 g/mol. The minimum atomic E-state index is -2.33. The Bertz CT molecular complexity index is 2150. The molecule has 0 atom stereocenters. The van der Waals surface area contributed by atoms with E-state index in [-0.39, 0.29) is 16.5 Å². The molecule has 0 radical (unpaired) electrons. The van der Waals surface area contributed by atoms with E-state index in [1.165, 1.54) is 0 Å². The first kappa shape index (κ1) is 27.8. The second kappa shape index (κ2) is 10.9. The molecule has 0 fully saturated rings. The zero-order chi connectivity index (χ0) is 29.8. The number of rotatable bonds is 0. The first-order valence-electron chi connectivity index (χ1n) is 13.6. The Hall–Kier alpha value is -6.00. The van der Waals surface area contributed by atoms with Crippen LogP contribution >= 0.6 is 0 Å². The Labute approximate surface area is 263 Å². The fourth-order valence-electron chi connectivity index (χ4n) is 5.59. The number of carbonyl (C=O) groups excluding carboxylic acids is 1. The van der Waals surface area contributed by atoms with Gasteiger partial charge in [0.05, 0.1) is 0 Å². The van der Waals surface area contributed by atoms with E-state index in [1.807, 2.05) is 97.1 Å². The molecular formula is C33H18N8NiO3. The number of benzene rings is 4. The van der Waals surface area contributed by atoms with Gasteiger partial charge in [-0.25, -0.2) is 29.9 Å². The summed E-state index contributed by atoms with van der Waals surface area (Å²) < 4.78 is 0.